The molecule has 1 amide bonds. The van der Waals surface area contributed by atoms with E-state index in [-0.39, 0.29) is 36.0 Å². The van der Waals surface area contributed by atoms with Crippen molar-refractivity contribution in [3.8, 4) is 0 Å². The Morgan fingerprint density at radius 3 is 2.76 bits per heavy atom. The summed E-state index contributed by atoms with van der Waals surface area (Å²) < 4.78 is 6.51. The molecule has 0 unspecified atom stereocenters. The van der Waals surface area contributed by atoms with Gasteiger partial charge in [0.15, 0.2) is 11.2 Å². The second kappa shape index (κ2) is 6.95. The van der Waals surface area contributed by atoms with Gasteiger partial charge in [-0.1, -0.05) is 30.3 Å². The Morgan fingerprint density at radius 1 is 1.28 bits per heavy atom. The van der Waals surface area contributed by atoms with Crippen molar-refractivity contribution < 1.29 is 14.3 Å². The third-order valence-corrected chi connectivity index (χ3v) is 3.30. The number of fused-ring (bicyclic) bond motifs is 1. The van der Waals surface area contributed by atoms with Gasteiger partial charge in [-0.25, -0.2) is 9.78 Å². The number of hydrogen-bond acceptors (Lipinski definition) is 6. The van der Waals surface area contributed by atoms with Crippen LogP contribution in [0.2, 0.25) is 0 Å². The Morgan fingerprint density at radius 2 is 2.04 bits per heavy atom. The molecule has 25 heavy (non-hydrogen) atoms. The molecule has 0 radical (unpaired) electrons. The summed E-state index contributed by atoms with van der Waals surface area (Å²) in [4.78, 5) is 45.6. The first-order valence-electron chi connectivity index (χ1n) is 7.45. The molecular formula is C16H15N5O4. The maximum absolute atomic E-state index is 12.0. The van der Waals surface area contributed by atoms with E-state index < -0.39 is 11.7 Å². The number of nitrogens with zero attached hydrogens (tertiary/aromatic N) is 3. The van der Waals surface area contributed by atoms with Crippen molar-refractivity contribution >= 4 is 29.0 Å². The van der Waals surface area contributed by atoms with Crippen LogP contribution in [0.3, 0.4) is 0 Å². The van der Waals surface area contributed by atoms with E-state index in [2.05, 4.69) is 20.3 Å². The second-order valence-electron chi connectivity index (χ2n) is 5.35. The predicted octanol–water partition coefficient (Wildman–Crippen LogP) is 1.46. The molecule has 9 nitrogen and oxygen atoms in total. The number of ether oxygens (including phenoxy) is 1. The average molecular weight is 341 g/mol. The number of nitrogens with one attached hydrogen (secondary N) is 2. The van der Waals surface area contributed by atoms with Gasteiger partial charge in [-0.2, -0.15) is 4.98 Å². The number of ketones is 1. The van der Waals surface area contributed by atoms with Gasteiger partial charge in [0.2, 0.25) is 5.95 Å². The van der Waals surface area contributed by atoms with Gasteiger partial charge in [0.25, 0.3) is 5.56 Å². The van der Waals surface area contributed by atoms with Gasteiger partial charge in [-0.05, 0) is 12.5 Å². The molecule has 0 aliphatic heterocycles. The van der Waals surface area contributed by atoms with E-state index in [9.17, 15) is 14.4 Å². The number of carbonyl (C=O) groups excluding carboxylic acids is 2. The molecule has 2 heterocycles. The number of benzene rings is 1. The highest BCUT2D eigenvalue weighted by atomic mass is 16.5. The van der Waals surface area contributed by atoms with E-state index in [0.717, 1.165) is 5.56 Å². The van der Waals surface area contributed by atoms with Crippen LogP contribution in [0.4, 0.5) is 10.7 Å². The lowest BCUT2D eigenvalue weighted by atomic mass is 10.2. The van der Waals surface area contributed by atoms with E-state index in [1.807, 2.05) is 30.3 Å². The van der Waals surface area contributed by atoms with Crippen molar-refractivity contribution in [2.24, 2.45) is 0 Å². The minimum absolute atomic E-state index is 0.0326. The van der Waals surface area contributed by atoms with Crippen molar-refractivity contribution in [1.29, 1.82) is 0 Å². The largest absolute Gasteiger partial charge is 0.444 e. The fraction of sp³-hybridized carbons (Fsp3) is 0.188. The summed E-state index contributed by atoms with van der Waals surface area (Å²) in [6, 6.07) is 9.16. The lowest BCUT2D eigenvalue weighted by Crippen LogP contribution is -2.20. The average Bonchev–Trinajstić information content (AvgIpc) is 2.97. The van der Waals surface area contributed by atoms with Crippen LogP contribution >= 0.6 is 0 Å². The molecule has 3 aromatic rings. The first-order valence-corrected chi connectivity index (χ1v) is 7.45. The predicted molar refractivity (Wildman–Crippen MR) is 89.1 cm³/mol. The molecule has 9 heteroatoms. The molecule has 0 bridgehead atoms. The molecule has 0 fully saturated rings. The number of amides is 1. The fourth-order valence-electron chi connectivity index (χ4n) is 2.22. The number of anilines is 1. The molecule has 0 saturated carbocycles. The van der Waals surface area contributed by atoms with E-state index in [0.29, 0.717) is 0 Å². The summed E-state index contributed by atoms with van der Waals surface area (Å²) in [5.41, 5.74) is 0.599. The summed E-state index contributed by atoms with van der Waals surface area (Å²) in [7, 11) is 0. The summed E-state index contributed by atoms with van der Waals surface area (Å²) in [6.45, 7) is 1.53. The number of aromatic nitrogens is 4. The molecule has 0 aliphatic carbocycles. The summed E-state index contributed by atoms with van der Waals surface area (Å²) >= 11 is 0. The smallest absolute Gasteiger partial charge is 0.414 e. The van der Waals surface area contributed by atoms with Crippen molar-refractivity contribution in [2.75, 3.05) is 5.32 Å². The number of hydrogen-bond donors (Lipinski definition) is 2. The van der Waals surface area contributed by atoms with Gasteiger partial charge in [0.1, 0.15) is 12.4 Å². The molecule has 2 aromatic heterocycles. The summed E-state index contributed by atoms with van der Waals surface area (Å²) in [6.07, 6.45) is 0.593. The van der Waals surface area contributed by atoms with E-state index >= 15 is 0 Å². The van der Waals surface area contributed by atoms with Crippen LogP contribution in [0, 0.1) is 0 Å². The number of imidazole rings is 1. The van der Waals surface area contributed by atoms with Gasteiger partial charge in [0.05, 0.1) is 12.9 Å². The van der Waals surface area contributed by atoms with Gasteiger partial charge < -0.3 is 9.30 Å². The molecule has 1 aromatic carbocycles. The second-order valence-corrected chi connectivity index (χ2v) is 5.35. The van der Waals surface area contributed by atoms with E-state index in [1.165, 1.54) is 17.8 Å². The monoisotopic (exact) mass is 341 g/mol. The van der Waals surface area contributed by atoms with E-state index in [4.69, 9.17) is 4.74 Å². The molecule has 0 spiro atoms. The van der Waals surface area contributed by atoms with Crippen LogP contribution in [0.25, 0.3) is 11.2 Å². The summed E-state index contributed by atoms with van der Waals surface area (Å²) in [5, 5.41) is 2.36. The Labute approximate surface area is 141 Å². The van der Waals surface area contributed by atoms with Crippen LogP contribution in [0.5, 0.6) is 0 Å². The molecule has 128 valence electrons. The zero-order valence-electron chi connectivity index (χ0n) is 13.4. The highest BCUT2D eigenvalue weighted by molar-refractivity contribution is 5.84. The fourth-order valence-corrected chi connectivity index (χ4v) is 2.22. The third kappa shape index (κ3) is 3.89. The molecule has 0 aliphatic rings. The first-order chi connectivity index (χ1) is 12.0. The maximum Gasteiger partial charge on any atom is 0.414 e. The zero-order chi connectivity index (χ0) is 17.8. The number of Topliss-reactive ketones (excluding diaryl/α,β-unsaturated/α-hetero) is 1. The number of rotatable bonds is 5. The highest BCUT2D eigenvalue weighted by Crippen LogP contribution is 2.09. The zero-order valence-corrected chi connectivity index (χ0v) is 13.4. The third-order valence-electron chi connectivity index (χ3n) is 3.30. The quantitative estimate of drug-likeness (QED) is 0.725. The first kappa shape index (κ1) is 16.4. The molecule has 0 saturated heterocycles. The minimum atomic E-state index is -0.760. The van der Waals surface area contributed by atoms with Crippen molar-refractivity contribution in [1.82, 2.24) is 19.5 Å². The van der Waals surface area contributed by atoms with Crippen molar-refractivity contribution in [3.05, 3.63) is 52.6 Å². The standard InChI is InChI=1S/C16H15N5O4/c1-10(22)7-21-9-17-12-13(21)18-15(19-14(12)23)20-16(24)25-8-11-5-3-2-4-6-11/h2-6,9H,7-8H2,1H3,(H2,18,19,20,23,24). The van der Waals surface area contributed by atoms with E-state index in [1.54, 1.807) is 0 Å². The molecule has 3 rings (SSSR count). The molecule has 2 N–H and O–H groups in total. The van der Waals surface area contributed by atoms with Gasteiger partial charge >= 0.3 is 6.09 Å². The van der Waals surface area contributed by atoms with Gasteiger partial charge in [-0.3, -0.25) is 19.9 Å². The Balaban J connectivity index is 1.75. The lowest BCUT2D eigenvalue weighted by molar-refractivity contribution is -0.117. The Hall–Kier alpha value is -3.49. The molecular weight excluding hydrogens is 326 g/mol. The topological polar surface area (TPSA) is 119 Å². The van der Waals surface area contributed by atoms with Gasteiger partial charge in [-0.15, -0.1) is 0 Å². The molecule has 0 atom stereocenters. The maximum atomic E-state index is 12.0. The number of H-pyrrole nitrogens is 1. The summed E-state index contributed by atoms with van der Waals surface area (Å²) in [5.74, 6) is -0.195. The van der Waals surface area contributed by atoms with Crippen LogP contribution in [0.15, 0.2) is 41.5 Å². The van der Waals surface area contributed by atoms with Crippen molar-refractivity contribution in [2.45, 2.75) is 20.1 Å². The lowest BCUT2D eigenvalue weighted by Gasteiger charge is -2.07. The van der Waals surface area contributed by atoms with Crippen molar-refractivity contribution in [3.63, 3.8) is 0 Å². The van der Waals surface area contributed by atoms with Crippen LogP contribution in [-0.4, -0.2) is 31.4 Å². The number of aromatic amines is 1. The highest BCUT2D eigenvalue weighted by Gasteiger charge is 2.13. The minimum Gasteiger partial charge on any atom is -0.444 e. The van der Waals surface area contributed by atoms with Crippen LogP contribution in [-0.2, 0) is 22.7 Å². The van der Waals surface area contributed by atoms with Crippen LogP contribution in [0.1, 0.15) is 12.5 Å². The normalized spacial score (nSPS) is 10.6. The SMILES string of the molecule is CC(=O)Cn1cnc2c(=O)[nH]c(NC(=O)OCc3ccccc3)nc21. The van der Waals surface area contributed by atoms with Crippen LogP contribution < -0.4 is 10.9 Å². The number of carbonyl (C=O) groups is 2. The Kier molecular flexibility index (Phi) is 4.55. The Bertz CT molecular complexity index is 977. The van der Waals surface area contributed by atoms with Gasteiger partial charge in [0, 0.05) is 0 Å².